The lowest BCUT2D eigenvalue weighted by Gasteiger charge is -2.42. The summed E-state index contributed by atoms with van der Waals surface area (Å²) < 4.78 is 60.9. The molecule has 5 heterocycles. The fourth-order valence-corrected chi connectivity index (χ4v) is 5.07. The van der Waals surface area contributed by atoms with Gasteiger partial charge < -0.3 is 9.47 Å². The number of alkyl halides is 4. The highest BCUT2D eigenvalue weighted by Gasteiger charge is 2.45. The van der Waals surface area contributed by atoms with Crippen LogP contribution in [0.2, 0.25) is 0 Å². The molecule has 9 nitrogen and oxygen atoms in total. The first-order valence-electron chi connectivity index (χ1n) is 12.4. The zero-order chi connectivity index (χ0) is 28.3. The minimum atomic E-state index is -4.78. The van der Waals surface area contributed by atoms with Crippen molar-refractivity contribution in [2.75, 3.05) is 11.4 Å². The first kappa shape index (κ1) is 26.5. The Bertz CT molecular complexity index is 1590. The summed E-state index contributed by atoms with van der Waals surface area (Å²) >= 11 is 0. The Kier molecular flexibility index (Phi) is 6.12. The maximum absolute atomic E-state index is 16.0. The average molecular weight is 542 g/mol. The van der Waals surface area contributed by atoms with Crippen LogP contribution in [0.3, 0.4) is 0 Å². The Morgan fingerprint density at radius 1 is 1.18 bits per heavy atom. The number of piperidine rings is 1. The second-order valence-corrected chi connectivity index (χ2v) is 11.0. The van der Waals surface area contributed by atoms with Crippen LogP contribution in [0.15, 0.2) is 30.9 Å². The molecule has 0 unspecified atom stereocenters. The molecule has 0 saturated carbocycles. The summed E-state index contributed by atoms with van der Waals surface area (Å²) in [4.78, 5) is 10.1. The molecule has 0 bridgehead atoms. The molecule has 204 valence electrons. The van der Waals surface area contributed by atoms with Gasteiger partial charge >= 0.3 is 6.18 Å². The van der Waals surface area contributed by atoms with Crippen LogP contribution in [0.5, 0.6) is 0 Å². The minimum absolute atomic E-state index is 0.000498. The van der Waals surface area contributed by atoms with Gasteiger partial charge in [0.15, 0.2) is 17.1 Å². The van der Waals surface area contributed by atoms with Gasteiger partial charge in [-0.1, -0.05) is 0 Å². The molecular weight excluding hydrogens is 514 g/mol. The molecule has 5 rings (SSSR count). The van der Waals surface area contributed by atoms with Crippen LogP contribution in [0.25, 0.3) is 22.3 Å². The number of hydrogen-bond acceptors (Lipinski definition) is 7. The summed E-state index contributed by atoms with van der Waals surface area (Å²) in [5, 5.41) is 22.8. The quantitative estimate of drug-likeness (QED) is 0.332. The molecule has 0 aromatic carbocycles. The predicted molar refractivity (Wildman–Crippen MR) is 135 cm³/mol. The van der Waals surface area contributed by atoms with Crippen LogP contribution in [-0.2, 0) is 24.4 Å². The van der Waals surface area contributed by atoms with Crippen LogP contribution < -0.4 is 4.90 Å². The molecule has 2 atom stereocenters. The maximum atomic E-state index is 16.0. The molecule has 0 N–H and O–H groups in total. The van der Waals surface area contributed by atoms with Crippen LogP contribution >= 0.6 is 0 Å². The van der Waals surface area contributed by atoms with Crippen molar-refractivity contribution in [3.63, 3.8) is 0 Å². The molecule has 0 aliphatic carbocycles. The second-order valence-electron chi connectivity index (χ2n) is 11.0. The van der Waals surface area contributed by atoms with Gasteiger partial charge in [0.2, 0.25) is 0 Å². The van der Waals surface area contributed by atoms with Gasteiger partial charge in [-0.2, -0.15) is 23.5 Å². The normalized spacial score (nSPS) is 20.4. The van der Waals surface area contributed by atoms with E-state index in [9.17, 15) is 18.4 Å². The summed E-state index contributed by atoms with van der Waals surface area (Å²) in [5.74, 6) is 0.186. The number of hydrogen-bond donors (Lipinski definition) is 0. The van der Waals surface area contributed by atoms with E-state index in [1.165, 1.54) is 17.1 Å². The largest absolute Gasteiger partial charge is 0.433 e. The Morgan fingerprint density at radius 2 is 1.92 bits per heavy atom. The standard InChI is InChI=1S/C26H27F4N9/c1-15-10-25(27,23-35-33-14-37(23)5)6-7-38(15)21-16(11-31)9-19(26(28,29)30)34-20(21)17-8-18-13-39(24(2,3)4)36-22(18)32-12-17/h8-9,12-15H,6-7,10H2,1-5H3/t15-,25+/m1/s1. The molecule has 39 heavy (non-hydrogen) atoms. The van der Waals surface area contributed by atoms with Crippen molar-refractivity contribution < 1.29 is 17.6 Å². The number of anilines is 1. The number of aryl methyl sites for hydroxylation is 1. The lowest BCUT2D eigenvalue weighted by molar-refractivity contribution is -0.141. The fraction of sp³-hybridized carbons (Fsp3) is 0.462. The second kappa shape index (κ2) is 9.00. The van der Waals surface area contributed by atoms with Crippen LogP contribution in [0, 0.1) is 11.3 Å². The summed E-state index contributed by atoms with van der Waals surface area (Å²) in [7, 11) is 1.66. The predicted octanol–water partition coefficient (Wildman–Crippen LogP) is 5.12. The Balaban J connectivity index is 1.65. The van der Waals surface area contributed by atoms with Gasteiger partial charge in [-0.25, -0.2) is 14.4 Å². The third kappa shape index (κ3) is 4.68. The number of nitrogens with zero attached hydrogens (tertiary/aromatic N) is 9. The highest BCUT2D eigenvalue weighted by molar-refractivity contribution is 5.86. The SMILES string of the molecule is C[C@@H]1C[C@](F)(c2nncn2C)CCN1c1c(C#N)cc(C(F)(F)F)nc1-c1cnc2nn(C(C)(C)C)cc2c1. The van der Waals surface area contributed by atoms with Gasteiger partial charge in [0.25, 0.3) is 0 Å². The Morgan fingerprint density at radius 3 is 2.51 bits per heavy atom. The van der Waals surface area contributed by atoms with E-state index in [0.29, 0.717) is 16.6 Å². The molecule has 1 saturated heterocycles. The third-order valence-corrected chi connectivity index (χ3v) is 7.02. The Labute approximate surface area is 222 Å². The van der Waals surface area contributed by atoms with Gasteiger partial charge in [0, 0.05) is 55.8 Å². The lowest BCUT2D eigenvalue weighted by Crippen LogP contribution is -2.47. The molecular formula is C26H27F4N9. The highest BCUT2D eigenvalue weighted by Crippen LogP contribution is 2.44. The maximum Gasteiger partial charge on any atom is 0.433 e. The molecule has 0 amide bonds. The number of fused-ring (bicyclic) bond motifs is 1. The highest BCUT2D eigenvalue weighted by atomic mass is 19.4. The van der Waals surface area contributed by atoms with Gasteiger partial charge in [0.05, 0.1) is 22.5 Å². The number of pyridine rings is 2. The zero-order valence-corrected chi connectivity index (χ0v) is 22.1. The van der Waals surface area contributed by atoms with E-state index in [4.69, 9.17) is 0 Å². The monoisotopic (exact) mass is 541 g/mol. The van der Waals surface area contributed by atoms with Crippen molar-refractivity contribution in [2.24, 2.45) is 7.05 Å². The molecule has 4 aromatic rings. The van der Waals surface area contributed by atoms with Crippen molar-refractivity contribution in [1.29, 1.82) is 5.26 Å². The van der Waals surface area contributed by atoms with Crippen molar-refractivity contribution in [2.45, 2.75) is 64.0 Å². The van der Waals surface area contributed by atoms with Gasteiger partial charge in [-0.3, -0.25) is 4.68 Å². The van der Waals surface area contributed by atoms with Crippen molar-refractivity contribution in [1.82, 2.24) is 34.5 Å². The molecule has 1 aliphatic rings. The van der Waals surface area contributed by atoms with Crippen LogP contribution in [0.1, 0.15) is 57.6 Å². The van der Waals surface area contributed by atoms with Gasteiger partial charge in [-0.05, 0) is 39.8 Å². The smallest absolute Gasteiger partial charge is 0.366 e. The van der Waals surface area contributed by atoms with E-state index in [1.807, 2.05) is 26.8 Å². The Hall–Kier alpha value is -4.08. The lowest BCUT2D eigenvalue weighted by atomic mass is 9.86. The van der Waals surface area contributed by atoms with Crippen molar-refractivity contribution in [3.05, 3.63) is 47.9 Å². The summed E-state index contributed by atoms with van der Waals surface area (Å²) in [6.45, 7) is 7.79. The molecule has 1 fully saturated rings. The topological polar surface area (TPSA) is 101 Å². The summed E-state index contributed by atoms with van der Waals surface area (Å²) in [5.41, 5.74) is -2.61. The van der Waals surface area contributed by atoms with E-state index in [2.05, 4.69) is 25.3 Å². The first-order chi connectivity index (χ1) is 18.2. The van der Waals surface area contributed by atoms with Crippen molar-refractivity contribution >= 4 is 16.7 Å². The molecule has 0 radical (unpaired) electrons. The van der Waals surface area contributed by atoms with E-state index in [1.54, 1.807) is 35.8 Å². The van der Waals surface area contributed by atoms with E-state index < -0.39 is 23.6 Å². The van der Waals surface area contributed by atoms with Crippen LogP contribution in [0.4, 0.5) is 23.2 Å². The third-order valence-electron chi connectivity index (χ3n) is 7.02. The van der Waals surface area contributed by atoms with E-state index in [0.717, 1.165) is 6.07 Å². The summed E-state index contributed by atoms with van der Waals surface area (Å²) in [6, 6.07) is 3.83. The number of halogens is 4. The fourth-order valence-electron chi connectivity index (χ4n) is 5.07. The van der Waals surface area contributed by atoms with Crippen molar-refractivity contribution in [3.8, 4) is 17.3 Å². The molecule has 0 spiro atoms. The zero-order valence-electron chi connectivity index (χ0n) is 22.1. The number of aromatic nitrogens is 7. The number of rotatable bonds is 3. The summed E-state index contributed by atoms with van der Waals surface area (Å²) in [6.07, 6.45) is -0.175. The first-order valence-corrected chi connectivity index (χ1v) is 12.4. The van der Waals surface area contributed by atoms with Crippen LogP contribution in [-0.4, -0.2) is 47.1 Å². The number of nitriles is 1. The van der Waals surface area contributed by atoms with Gasteiger partial charge in [0.1, 0.15) is 18.1 Å². The van der Waals surface area contributed by atoms with E-state index in [-0.39, 0.29) is 47.7 Å². The minimum Gasteiger partial charge on any atom is -0.366 e. The molecule has 4 aromatic heterocycles. The van der Waals surface area contributed by atoms with E-state index >= 15 is 4.39 Å². The average Bonchev–Trinajstić information content (AvgIpc) is 3.49. The molecule has 1 aliphatic heterocycles. The molecule has 13 heteroatoms. The van der Waals surface area contributed by atoms with Gasteiger partial charge in [-0.15, -0.1) is 10.2 Å².